The monoisotopic (exact) mass is 434 g/mol. The van der Waals surface area contributed by atoms with Gasteiger partial charge in [0.2, 0.25) is 5.91 Å². The Bertz CT molecular complexity index is 1100. The van der Waals surface area contributed by atoms with Gasteiger partial charge >= 0.3 is 0 Å². The summed E-state index contributed by atoms with van der Waals surface area (Å²) < 4.78 is 5.30. The zero-order valence-electron chi connectivity index (χ0n) is 18.8. The topological polar surface area (TPSA) is 87.4 Å². The molecule has 168 valence electrons. The van der Waals surface area contributed by atoms with Crippen molar-refractivity contribution in [2.45, 2.75) is 38.6 Å². The minimum Gasteiger partial charge on any atom is -0.449 e. The number of aromatic nitrogens is 3. The van der Waals surface area contributed by atoms with Crippen molar-refractivity contribution in [2.75, 3.05) is 38.5 Å². The Balaban J connectivity index is 1.22. The number of hydrogen-bond acceptors (Lipinski definition) is 7. The van der Waals surface area contributed by atoms with Crippen LogP contribution in [0.15, 0.2) is 35.1 Å². The molecule has 0 radical (unpaired) electrons. The molecule has 5 rings (SSSR count). The van der Waals surface area contributed by atoms with E-state index in [0.29, 0.717) is 23.4 Å². The third kappa shape index (κ3) is 4.52. The van der Waals surface area contributed by atoms with E-state index in [2.05, 4.69) is 37.1 Å². The maximum Gasteiger partial charge on any atom is 0.228 e. The lowest BCUT2D eigenvalue weighted by molar-refractivity contribution is -0.121. The standard InChI is InChI=1S/C24H30N6O2/c1-16-26-22(15-32-16)20-8-5-18-14-25-23(13-21(18)27-20)28-24(31)17-3-6-19(7-4-17)30-11-9-29(2)10-12-30/h5,8,13-15,17,19H,3-4,6-7,9-12H2,1-2H3,(H,25,28,31). The highest BCUT2D eigenvalue weighted by molar-refractivity contribution is 5.93. The number of carbonyl (C=O) groups excluding carboxylic acids is 1. The van der Waals surface area contributed by atoms with Crippen LogP contribution in [-0.4, -0.2) is 69.9 Å². The Morgan fingerprint density at radius 1 is 1.06 bits per heavy atom. The fraction of sp³-hybridized carbons (Fsp3) is 0.500. The number of fused-ring (bicyclic) bond motifs is 1. The lowest BCUT2D eigenvalue weighted by Gasteiger charge is -2.40. The predicted octanol–water partition coefficient (Wildman–Crippen LogP) is 3.34. The molecule has 8 heteroatoms. The number of likely N-dealkylation sites (N-methyl/N-ethyl adjacent to an activating group) is 1. The zero-order valence-corrected chi connectivity index (χ0v) is 18.8. The molecule has 0 spiro atoms. The van der Waals surface area contributed by atoms with Gasteiger partial charge in [-0.2, -0.15) is 0 Å². The van der Waals surface area contributed by atoms with Gasteiger partial charge in [-0.15, -0.1) is 0 Å². The van der Waals surface area contributed by atoms with E-state index in [0.717, 1.165) is 68.5 Å². The van der Waals surface area contributed by atoms with Gasteiger partial charge in [0.1, 0.15) is 17.8 Å². The van der Waals surface area contributed by atoms with Crippen molar-refractivity contribution in [1.29, 1.82) is 0 Å². The van der Waals surface area contributed by atoms with Crippen LogP contribution in [-0.2, 0) is 4.79 Å². The van der Waals surface area contributed by atoms with Crippen LogP contribution in [0.2, 0.25) is 0 Å². The summed E-state index contributed by atoms with van der Waals surface area (Å²) in [6.07, 6.45) is 7.41. The van der Waals surface area contributed by atoms with Crippen LogP contribution in [0.5, 0.6) is 0 Å². The third-order valence-electron chi connectivity index (χ3n) is 6.83. The molecule has 1 N–H and O–H groups in total. The Morgan fingerprint density at radius 2 is 1.84 bits per heavy atom. The number of carbonyl (C=O) groups is 1. The molecule has 0 atom stereocenters. The molecule has 8 nitrogen and oxygen atoms in total. The van der Waals surface area contributed by atoms with E-state index < -0.39 is 0 Å². The number of hydrogen-bond donors (Lipinski definition) is 1. The lowest BCUT2D eigenvalue weighted by atomic mass is 9.84. The van der Waals surface area contributed by atoms with Gasteiger partial charge < -0.3 is 14.6 Å². The number of pyridine rings is 2. The van der Waals surface area contributed by atoms with E-state index in [4.69, 9.17) is 4.42 Å². The summed E-state index contributed by atoms with van der Waals surface area (Å²) >= 11 is 0. The molecular formula is C24H30N6O2. The molecule has 3 aromatic heterocycles. The summed E-state index contributed by atoms with van der Waals surface area (Å²) in [5.74, 6) is 1.27. The predicted molar refractivity (Wildman–Crippen MR) is 123 cm³/mol. The van der Waals surface area contributed by atoms with Gasteiger partial charge in [-0.3, -0.25) is 9.69 Å². The van der Waals surface area contributed by atoms with Crippen LogP contribution in [0.4, 0.5) is 5.82 Å². The molecular weight excluding hydrogens is 404 g/mol. The summed E-state index contributed by atoms with van der Waals surface area (Å²) in [6.45, 7) is 6.37. The molecule has 32 heavy (non-hydrogen) atoms. The average molecular weight is 435 g/mol. The van der Waals surface area contributed by atoms with Gasteiger partial charge in [-0.05, 0) is 44.9 Å². The molecule has 0 bridgehead atoms. The first-order chi connectivity index (χ1) is 15.5. The highest BCUT2D eigenvalue weighted by Gasteiger charge is 2.30. The Morgan fingerprint density at radius 3 is 2.56 bits per heavy atom. The van der Waals surface area contributed by atoms with E-state index in [1.54, 1.807) is 19.4 Å². The minimum atomic E-state index is 0.0496. The highest BCUT2D eigenvalue weighted by atomic mass is 16.3. The molecule has 1 saturated heterocycles. The van der Waals surface area contributed by atoms with Gasteiger partial charge in [0, 0.05) is 62.7 Å². The molecule has 1 amide bonds. The van der Waals surface area contributed by atoms with Crippen molar-refractivity contribution in [2.24, 2.45) is 5.92 Å². The number of nitrogens with zero attached hydrogens (tertiary/aromatic N) is 5. The van der Waals surface area contributed by atoms with Crippen molar-refractivity contribution in [3.63, 3.8) is 0 Å². The zero-order chi connectivity index (χ0) is 22.1. The number of aryl methyl sites for hydroxylation is 1. The van der Waals surface area contributed by atoms with Crippen molar-refractivity contribution in [3.05, 3.63) is 36.5 Å². The van der Waals surface area contributed by atoms with Crippen molar-refractivity contribution >= 4 is 22.6 Å². The number of rotatable bonds is 4. The number of oxazole rings is 1. The van der Waals surface area contributed by atoms with Crippen molar-refractivity contribution in [1.82, 2.24) is 24.8 Å². The summed E-state index contributed by atoms with van der Waals surface area (Å²) in [5.41, 5.74) is 2.20. The third-order valence-corrected chi connectivity index (χ3v) is 6.83. The quantitative estimate of drug-likeness (QED) is 0.674. The number of amides is 1. The van der Waals surface area contributed by atoms with Crippen LogP contribution in [0.1, 0.15) is 31.6 Å². The van der Waals surface area contributed by atoms with Crippen LogP contribution < -0.4 is 5.32 Å². The van der Waals surface area contributed by atoms with Crippen LogP contribution in [0, 0.1) is 12.8 Å². The van der Waals surface area contributed by atoms with E-state index in [9.17, 15) is 4.79 Å². The average Bonchev–Trinajstić information content (AvgIpc) is 3.25. The van der Waals surface area contributed by atoms with Gasteiger partial charge in [-0.1, -0.05) is 0 Å². The first kappa shape index (κ1) is 21.0. The van der Waals surface area contributed by atoms with E-state index in [1.807, 2.05) is 18.2 Å². The molecule has 0 aromatic carbocycles. The number of piperazine rings is 1. The molecule has 4 heterocycles. The maximum atomic E-state index is 12.9. The van der Waals surface area contributed by atoms with Gasteiger partial charge in [0.15, 0.2) is 5.89 Å². The second-order valence-corrected chi connectivity index (χ2v) is 9.04. The molecule has 1 aliphatic heterocycles. The Kier molecular flexibility index (Phi) is 5.89. The Hall–Kier alpha value is -2.84. The van der Waals surface area contributed by atoms with Gasteiger partial charge in [0.25, 0.3) is 0 Å². The fourth-order valence-corrected chi connectivity index (χ4v) is 4.83. The SMILES string of the molecule is Cc1nc(-c2ccc3cnc(NC(=O)C4CCC(N5CCN(C)CC5)CC4)cc3n2)co1. The second kappa shape index (κ2) is 8.96. The molecule has 2 aliphatic rings. The van der Waals surface area contributed by atoms with E-state index in [1.165, 1.54) is 0 Å². The maximum absolute atomic E-state index is 12.9. The number of nitrogens with one attached hydrogen (secondary N) is 1. The van der Waals surface area contributed by atoms with E-state index >= 15 is 0 Å². The summed E-state index contributed by atoms with van der Waals surface area (Å²) in [7, 11) is 2.19. The van der Waals surface area contributed by atoms with Crippen LogP contribution in [0.3, 0.4) is 0 Å². The van der Waals surface area contributed by atoms with Crippen molar-refractivity contribution in [3.8, 4) is 11.4 Å². The molecule has 0 unspecified atom stereocenters. The molecule has 2 fully saturated rings. The smallest absolute Gasteiger partial charge is 0.228 e. The second-order valence-electron chi connectivity index (χ2n) is 9.04. The normalized spacial score (nSPS) is 22.8. The molecule has 3 aromatic rings. The fourth-order valence-electron chi connectivity index (χ4n) is 4.83. The largest absolute Gasteiger partial charge is 0.449 e. The summed E-state index contributed by atoms with van der Waals surface area (Å²) in [5, 5.41) is 3.94. The molecule has 1 saturated carbocycles. The van der Waals surface area contributed by atoms with E-state index in [-0.39, 0.29) is 11.8 Å². The van der Waals surface area contributed by atoms with Crippen LogP contribution >= 0.6 is 0 Å². The molecule has 1 aliphatic carbocycles. The van der Waals surface area contributed by atoms with Gasteiger partial charge in [0.05, 0.1) is 11.2 Å². The number of anilines is 1. The van der Waals surface area contributed by atoms with Crippen molar-refractivity contribution < 1.29 is 9.21 Å². The van der Waals surface area contributed by atoms with Gasteiger partial charge in [-0.25, -0.2) is 15.0 Å². The minimum absolute atomic E-state index is 0.0496. The first-order valence-electron chi connectivity index (χ1n) is 11.5. The summed E-state index contributed by atoms with van der Waals surface area (Å²) in [4.78, 5) is 31.4. The Labute approximate surface area is 188 Å². The first-order valence-corrected chi connectivity index (χ1v) is 11.5. The highest BCUT2D eigenvalue weighted by Crippen LogP contribution is 2.29. The summed E-state index contributed by atoms with van der Waals surface area (Å²) in [6, 6.07) is 6.31. The van der Waals surface area contributed by atoms with Crippen LogP contribution in [0.25, 0.3) is 22.3 Å². The lowest BCUT2D eigenvalue weighted by Crippen LogP contribution is -2.50.